The summed E-state index contributed by atoms with van der Waals surface area (Å²) < 4.78 is 13.4. The van der Waals surface area contributed by atoms with E-state index in [0.717, 1.165) is 18.5 Å². The molecule has 1 saturated carbocycles. The predicted octanol–water partition coefficient (Wildman–Crippen LogP) is 2.62. The lowest BCUT2D eigenvalue weighted by Gasteiger charge is -2.33. The van der Waals surface area contributed by atoms with E-state index in [9.17, 15) is 14.6 Å². The molecule has 1 aromatic carbocycles. The molecule has 1 aliphatic carbocycles. The van der Waals surface area contributed by atoms with Crippen LogP contribution in [0.5, 0.6) is 0 Å². The van der Waals surface area contributed by atoms with Crippen LogP contribution in [-0.4, -0.2) is 29.4 Å². The van der Waals surface area contributed by atoms with E-state index in [1.807, 2.05) is 0 Å². The number of benzene rings is 1. The number of aliphatic hydroxyl groups is 2. The molecule has 0 saturated heterocycles. The lowest BCUT2D eigenvalue weighted by atomic mass is 10.0. The highest BCUT2D eigenvalue weighted by atomic mass is 19.1. The number of halogens is 1. The summed E-state index contributed by atoms with van der Waals surface area (Å²) in [7, 11) is 0. The summed E-state index contributed by atoms with van der Waals surface area (Å²) in [6.45, 7) is 2.23. The van der Waals surface area contributed by atoms with Gasteiger partial charge in [0.05, 0.1) is 12.7 Å². The highest BCUT2D eigenvalue weighted by Gasteiger charge is 2.25. The normalized spacial score (nSPS) is 17.7. The Balaban J connectivity index is 2.34. The van der Waals surface area contributed by atoms with Gasteiger partial charge in [0.15, 0.2) is 0 Å². The lowest BCUT2D eigenvalue weighted by Crippen LogP contribution is -2.36. The van der Waals surface area contributed by atoms with Crippen molar-refractivity contribution in [3.63, 3.8) is 0 Å². The van der Waals surface area contributed by atoms with Crippen LogP contribution in [0.25, 0.3) is 0 Å². The number of anilines is 1. The molecule has 1 fully saturated rings. The second-order valence-electron chi connectivity index (χ2n) is 5.23. The first-order chi connectivity index (χ1) is 9.13. The lowest BCUT2D eigenvalue weighted by molar-refractivity contribution is 0.198. The Morgan fingerprint density at radius 2 is 2.05 bits per heavy atom. The zero-order chi connectivity index (χ0) is 13.8. The van der Waals surface area contributed by atoms with Crippen LogP contribution in [0.15, 0.2) is 18.2 Å². The molecular formula is C15H22FNO2. The van der Waals surface area contributed by atoms with E-state index in [1.165, 1.54) is 25.0 Å². The van der Waals surface area contributed by atoms with Crippen LogP contribution < -0.4 is 4.90 Å². The van der Waals surface area contributed by atoms with E-state index < -0.39 is 6.10 Å². The Labute approximate surface area is 113 Å². The molecule has 2 rings (SSSR count). The van der Waals surface area contributed by atoms with Gasteiger partial charge in [-0.05, 0) is 38.0 Å². The first kappa shape index (κ1) is 14.3. The summed E-state index contributed by atoms with van der Waals surface area (Å²) >= 11 is 0. The quantitative estimate of drug-likeness (QED) is 0.862. The van der Waals surface area contributed by atoms with Crippen LogP contribution in [0.1, 0.15) is 44.3 Å². The third-order valence-corrected chi connectivity index (χ3v) is 3.86. The fourth-order valence-electron chi connectivity index (χ4n) is 2.94. The Bertz CT molecular complexity index is 417. The van der Waals surface area contributed by atoms with Gasteiger partial charge in [0.25, 0.3) is 0 Å². The van der Waals surface area contributed by atoms with Crippen molar-refractivity contribution >= 4 is 5.69 Å². The molecule has 0 bridgehead atoms. The van der Waals surface area contributed by atoms with Gasteiger partial charge >= 0.3 is 0 Å². The Kier molecular flexibility index (Phi) is 4.77. The van der Waals surface area contributed by atoms with Gasteiger partial charge in [-0.15, -0.1) is 0 Å². The van der Waals surface area contributed by atoms with Gasteiger partial charge in [-0.3, -0.25) is 0 Å². The summed E-state index contributed by atoms with van der Waals surface area (Å²) in [6, 6.07) is 4.90. The zero-order valence-electron chi connectivity index (χ0n) is 11.3. The van der Waals surface area contributed by atoms with E-state index in [2.05, 4.69) is 4.90 Å². The number of aliphatic hydroxyl groups excluding tert-OH is 2. The molecule has 0 unspecified atom stereocenters. The molecule has 0 radical (unpaired) electrons. The second kappa shape index (κ2) is 6.35. The summed E-state index contributed by atoms with van der Waals surface area (Å²) in [5.41, 5.74) is 1.44. The summed E-state index contributed by atoms with van der Waals surface area (Å²) in [4.78, 5) is 2.12. The molecule has 1 aromatic rings. The van der Waals surface area contributed by atoms with E-state index in [0.29, 0.717) is 18.2 Å². The molecule has 1 aliphatic rings. The van der Waals surface area contributed by atoms with Crippen LogP contribution in [0.3, 0.4) is 0 Å². The van der Waals surface area contributed by atoms with Gasteiger partial charge in [0.1, 0.15) is 5.82 Å². The molecule has 0 spiro atoms. The third-order valence-electron chi connectivity index (χ3n) is 3.86. The van der Waals surface area contributed by atoms with Crippen LogP contribution in [0.4, 0.5) is 10.1 Å². The largest absolute Gasteiger partial charge is 0.395 e. The van der Waals surface area contributed by atoms with Gasteiger partial charge in [-0.1, -0.05) is 12.8 Å². The first-order valence-electron chi connectivity index (χ1n) is 6.98. The molecule has 1 atom stereocenters. The van der Waals surface area contributed by atoms with Crippen molar-refractivity contribution in [2.24, 2.45) is 0 Å². The van der Waals surface area contributed by atoms with E-state index in [4.69, 9.17) is 0 Å². The number of nitrogens with zero attached hydrogens (tertiary/aromatic N) is 1. The van der Waals surface area contributed by atoms with Crippen molar-refractivity contribution in [3.05, 3.63) is 29.6 Å². The molecule has 0 amide bonds. The van der Waals surface area contributed by atoms with E-state index in [-0.39, 0.29) is 12.4 Å². The van der Waals surface area contributed by atoms with Crippen LogP contribution in [-0.2, 0) is 0 Å². The Hall–Kier alpha value is -1.13. The summed E-state index contributed by atoms with van der Waals surface area (Å²) in [6.07, 6.45) is 3.86. The minimum atomic E-state index is -0.715. The molecule has 3 nitrogen and oxygen atoms in total. The van der Waals surface area contributed by atoms with Crippen molar-refractivity contribution in [3.8, 4) is 0 Å². The number of hydrogen-bond donors (Lipinski definition) is 2. The van der Waals surface area contributed by atoms with Crippen molar-refractivity contribution in [2.75, 3.05) is 18.1 Å². The second-order valence-corrected chi connectivity index (χ2v) is 5.23. The summed E-state index contributed by atoms with van der Waals surface area (Å²) in [5, 5.41) is 19.1. The van der Waals surface area contributed by atoms with Crippen molar-refractivity contribution in [2.45, 2.75) is 44.8 Å². The van der Waals surface area contributed by atoms with Crippen LogP contribution in [0, 0.1) is 5.82 Å². The minimum absolute atomic E-state index is 0.0626. The molecule has 4 heteroatoms. The van der Waals surface area contributed by atoms with Crippen molar-refractivity contribution in [1.82, 2.24) is 0 Å². The minimum Gasteiger partial charge on any atom is -0.395 e. The first-order valence-corrected chi connectivity index (χ1v) is 6.98. The standard InChI is InChI=1S/C15H22FNO2/c1-11(19)14-10-12(16)6-7-15(14)17(8-9-18)13-4-2-3-5-13/h6-7,10-11,13,18-19H,2-5,8-9H2,1H3/t11-/m1/s1. The van der Waals surface area contributed by atoms with E-state index in [1.54, 1.807) is 13.0 Å². The van der Waals surface area contributed by atoms with E-state index >= 15 is 0 Å². The molecule has 0 heterocycles. The van der Waals surface area contributed by atoms with Gasteiger partial charge in [0, 0.05) is 23.8 Å². The Morgan fingerprint density at radius 1 is 1.37 bits per heavy atom. The fraction of sp³-hybridized carbons (Fsp3) is 0.600. The molecular weight excluding hydrogens is 245 g/mol. The monoisotopic (exact) mass is 267 g/mol. The topological polar surface area (TPSA) is 43.7 Å². The van der Waals surface area contributed by atoms with Gasteiger partial charge < -0.3 is 15.1 Å². The maximum absolute atomic E-state index is 13.4. The van der Waals surface area contributed by atoms with Crippen molar-refractivity contribution < 1.29 is 14.6 Å². The van der Waals surface area contributed by atoms with Gasteiger partial charge in [0.2, 0.25) is 0 Å². The van der Waals surface area contributed by atoms with Crippen LogP contribution >= 0.6 is 0 Å². The highest BCUT2D eigenvalue weighted by molar-refractivity contribution is 5.55. The Morgan fingerprint density at radius 3 is 2.63 bits per heavy atom. The molecule has 0 aromatic heterocycles. The smallest absolute Gasteiger partial charge is 0.123 e. The maximum Gasteiger partial charge on any atom is 0.123 e. The molecule has 106 valence electrons. The van der Waals surface area contributed by atoms with Gasteiger partial charge in [-0.2, -0.15) is 0 Å². The van der Waals surface area contributed by atoms with Gasteiger partial charge in [-0.25, -0.2) is 4.39 Å². The van der Waals surface area contributed by atoms with Crippen molar-refractivity contribution in [1.29, 1.82) is 0 Å². The number of hydrogen-bond acceptors (Lipinski definition) is 3. The average molecular weight is 267 g/mol. The zero-order valence-corrected chi connectivity index (χ0v) is 11.3. The fourth-order valence-corrected chi connectivity index (χ4v) is 2.94. The number of rotatable bonds is 5. The van der Waals surface area contributed by atoms with Crippen LogP contribution in [0.2, 0.25) is 0 Å². The highest BCUT2D eigenvalue weighted by Crippen LogP contribution is 2.33. The third kappa shape index (κ3) is 3.25. The maximum atomic E-state index is 13.4. The molecule has 19 heavy (non-hydrogen) atoms. The average Bonchev–Trinajstić information content (AvgIpc) is 2.90. The summed E-state index contributed by atoms with van der Waals surface area (Å²) in [5.74, 6) is -0.338. The molecule has 2 N–H and O–H groups in total. The SMILES string of the molecule is C[C@@H](O)c1cc(F)ccc1N(CCO)C1CCCC1. The predicted molar refractivity (Wildman–Crippen MR) is 73.7 cm³/mol. The molecule has 0 aliphatic heterocycles.